The molecule has 2 aromatic carbocycles. The number of nitrogens with one attached hydrogen (secondary N) is 1. The third-order valence-electron chi connectivity index (χ3n) is 7.57. The molecular weight excluding hydrogens is 708 g/mol. The first-order chi connectivity index (χ1) is 23.4. The number of ether oxygens (including phenoxy) is 2. The fourth-order valence-electron chi connectivity index (χ4n) is 5.49. The van der Waals surface area contributed by atoms with Crippen molar-refractivity contribution in [3.05, 3.63) is 58.8 Å². The van der Waals surface area contributed by atoms with Crippen LogP contribution in [0, 0.1) is 24.0 Å². The second-order valence-corrected chi connectivity index (χ2v) is 17.8. The first kappa shape index (κ1) is 39.7. The summed E-state index contributed by atoms with van der Waals surface area (Å²) in [5, 5.41) is 6.42. The Balaban J connectivity index is 1.64. The molecule has 1 fully saturated rings. The number of aryl methyl sites for hydroxylation is 1. The minimum absolute atomic E-state index is 0.0279. The predicted octanol–water partition coefficient (Wildman–Crippen LogP) is 8.65. The van der Waals surface area contributed by atoms with E-state index in [0.29, 0.717) is 30.9 Å². The third kappa shape index (κ3) is 9.61. The van der Waals surface area contributed by atoms with Gasteiger partial charge in [-0.15, -0.1) is 4.31 Å². The van der Waals surface area contributed by atoms with E-state index in [1.807, 2.05) is 46.4 Å². The van der Waals surface area contributed by atoms with Gasteiger partial charge in [0, 0.05) is 30.8 Å². The Kier molecular flexibility index (Phi) is 11.3. The van der Waals surface area contributed by atoms with Crippen molar-refractivity contribution in [3.8, 4) is 0 Å². The zero-order valence-corrected chi connectivity index (χ0v) is 32.1. The fourth-order valence-corrected chi connectivity index (χ4v) is 7.10. The molecule has 0 bridgehead atoms. The zero-order valence-electron chi connectivity index (χ0n) is 30.6. The Morgan fingerprint density at radius 1 is 1.02 bits per heavy atom. The summed E-state index contributed by atoms with van der Waals surface area (Å²) in [7, 11) is -4.98. The fraction of sp³-hybridized carbons (Fsp3) is 0.514. The number of benzene rings is 2. The number of carbonyl (C=O) groups is 2. The van der Waals surface area contributed by atoms with Crippen LogP contribution < -0.4 is 14.5 Å². The van der Waals surface area contributed by atoms with Crippen LogP contribution in [0.25, 0.3) is 0 Å². The third-order valence-corrected chi connectivity index (χ3v) is 9.57. The normalized spacial score (nSPS) is 15.5. The van der Waals surface area contributed by atoms with Crippen molar-refractivity contribution in [2.45, 2.75) is 97.7 Å². The van der Waals surface area contributed by atoms with Crippen molar-refractivity contribution in [1.29, 1.82) is 0 Å². The Labute approximate surface area is 303 Å². The number of hydrogen-bond acceptors (Lipinski definition) is 10. The summed E-state index contributed by atoms with van der Waals surface area (Å²) in [6, 6.07) is 6.62. The molecule has 2 amide bonds. The van der Waals surface area contributed by atoms with Gasteiger partial charge in [0.2, 0.25) is 0 Å². The van der Waals surface area contributed by atoms with Crippen molar-refractivity contribution in [3.63, 3.8) is 0 Å². The molecule has 1 aromatic heterocycles. The second kappa shape index (κ2) is 14.5. The van der Waals surface area contributed by atoms with Crippen LogP contribution >= 0.6 is 11.6 Å². The van der Waals surface area contributed by atoms with Crippen LogP contribution in [0.3, 0.4) is 0 Å². The van der Waals surface area contributed by atoms with Crippen molar-refractivity contribution in [2.75, 3.05) is 34.2 Å². The molecule has 1 atom stereocenters. The smallest absolute Gasteiger partial charge is 0.430 e. The van der Waals surface area contributed by atoms with Gasteiger partial charge in [0.15, 0.2) is 5.82 Å². The maximum Gasteiger partial charge on any atom is 0.430 e. The minimum Gasteiger partial charge on any atom is -0.449 e. The maximum atomic E-state index is 15.8. The van der Waals surface area contributed by atoms with Gasteiger partial charge < -0.3 is 24.2 Å². The minimum atomic E-state index is -4.98. The van der Waals surface area contributed by atoms with E-state index in [-0.39, 0.29) is 38.8 Å². The molecule has 12 nitrogen and oxygen atoms in total. The molecule has 51 heavy (non-hydrogen) atoms. The predicted molar refractivity (Wildman–Crippen MR) is 191 cm³/mol. The first-order valence-electron chi connectivity index (χ1n) is 16.4. The van der Waals surface area contributed by atoms with Gasteiger partial charge in [-0.2, -0.15) is 0 Å². The van der Waals surface area contributed by atoms with E-state index in [9.17, 15) is 22.4 Å². The lowest BCUT2D eigenvalue weighted by atomic mass is 9.99. The standard InChI is InChI=1S/C35H46ClF2N5O7S/c1-21-15-30(40-50-21)43(32(45)49-35(8,9)10)51(46,47)29-17-24(36)27(18-25(29)38)39-26-12-11-22(37)16-28(26)41-14-13-23(19-41)42(34(5,6)7)31(44)48-20-33(2,3)4/h11-12,15-18,23,39H,13-14,19-20H2,1-10H3. The molecule has 0 radical (unpaired) electrons. The Morgan fingerprint density at radius 3 is 2.25 bits per heavy atom. The van der Waals surface area contributed by atoms with E-state index in [4.69, 9.17) is 25.6 Å². The number of sulfonamides is 1. The molecule has 1 N–H and O–H groups in total. The number of amides is 2. The van der Waals surface area contributed by atoms with Gasteiger partial charge in [-0.05, 0) is 84.6 Å². The molecule has 0 saturated carbocycles. The molecule has 1 aliphatic rings. The van der Waals surface area contributed by atoms with Crippen LogP contribution in [0.4, 0.5) is 41.2 Å². The highest BCUT2D eigenvalue weighted by Crippen LogP contribution is 2.38. The van der Waals surface area contributed by atoms with Crippen LogP contribution in [-0.4, -0.2) is 67.5 Å². The lowest BCUT2D eigenvalue weighted by Crippen LogP contribution is -2.53. The summed E-state index contributed by atoms with van der Waals surface area (Å²) in [6.45, 7) is 18.8. The van der Waals surface area contributed by atoms with Gasteiger partial charge in [-0.1, -0.05) is 37.5 Å². The maximum absolute atomic E-state index is 15.8. The summed E-state index contributed by atoms with van der Waals surface area (Å²) in [6.07, 6.45) is -1.21. The largest absolute Gasteiger partial charge is 0.449 e. The van der Waals surface area contributed by atoms with Gasteiger partial charge in [-0.25, -0.2) is 26.8 Å². The molecule has 0 spiro atoms. The van der Waals surface area contributed by atoms with E-state index in [1.165, 1.54) is 52.0 Å². The van der Waals surface area contributed by atoms with E-state index in [1.54, 1.807) is 4.90 Å². The quantitative estimate of drug-likeness (QED) is 0.238. The summed E-state index contributed by atoms with van der Waals surface area (Å²) >= 11 is 6.54. The lowest BCUT2D eigenvalue weighted by molar-refractivity contribution is 0.0307. The molecular formula is C35H46ClF2N5O7S. The number of anilines is 4. The zero-order chi connectivity index (χ0) is 38.3. The highest BCUT2D eigenvalue weighted by atomic mass is 35.5. The van der Waals surface area contributed by atoms with Crippen molar-refractivity contribution in [1.82, 2.24) is 10.1 Å². The SMILES string of the molecule is Cc1cc(N(C(=O)OC(C)(C)C)S(=O)(=O)c2cc(Cl)c(Nc3ccc(F)cc3N3CCC(N(C(=O)OCC(C)(C)C)C(C)(C)C)C3)cc2F)no1. The van der Waals surface area contributed by atoms with E-state index in [2.05, 4.69) is 10.5 Å². The summed E-state index contributed by atoms with van der Waals surface area (Å²) in [5.41, 5.74) is -1.16. The Bertz CT molecular complexity index is 1880. The average Bonchev–Trinajstić information content (AvgIpc) is 3.61. The highest BCUT2D eigenvalue weighted by molar-refractivity contribution is 7.93. The summed E-state index contributed by atoms with van der Waals surface area (Å²) in [4.78, 5) is 29.1. The molecule has 1 unspecified atom stereocenters. The van der Waals surface area contributed by atoms with E-state index in [0.717, 1.165) is 12.1 Å². The molecule has 4 rings (SSSR count). The first-order valence-corrected chi connectivity index (χ1v) is 18.2. The second-order valence-electron chi connectivity index (χ2n) is 15.6. The monoisotopic (exact) mass is 753 g/mol. The van der Waals surface area contributed by atoms with Crippen LogP contribution in [0.15, 0.2) is 45.8 Å². The molecule has 3 aromatic rings. The number of hydrogen-bond donors (Lipinski definition) is 1. The topological polar surface area (TPSA) is 135 Å². The van der Waals surface area contributed by atoms with E-state index >= 15 is 4.39 Å². The average molecular weight is 754 g/mol. The molecule has 1 saturated heterocycles. The van der Waals surface area contributed by atoms with Gasteiger partial charge >= 0.3 is 12.2 Å². The van der Waals surface area contributed by atoms with Crippen molar-refractivity contribution in [2.24, 2.45) is 5.41 Å². The molecule has 280 valence electrons. The number of carbonyl (C=O) groups excluding carboxylic acids is 2. The molecule has 1 aliphatic heterocycles. The van der Waals surface area contributed by atoms with Crippen molar-refractivity contribution < 1.29 is 40.8 Å². The van der Waals surface area contributed by atoms with Crippen LogP contribution in [0.1, 0.15) is 74.5 Å². The number of halogens is 3. The van der Waals surface area contributed by atoms with Crippen molar-refractivity contribution >= 4 is 56.7 Å². The van der Waals surface area contributed by atoms with E-state index < -0.39 is 55.7 Å². The molecule has 2 heterocycles. The Hall–Kier alpha value is -4.11. The van der Waals surface area contributed by atoms with Crippen LogP contribution in [-0.2, 0) is 19.5 Å². The van der Waals surface area contributed by atoms with Gasteiger partial charge in [0.05, 0.1) is 34.7 Å². The summed E-state index contributed by atoms with van der Waals surface area (Å²) in [5.74, 6) is -2.01. The van der Waals surface area contributed by atoms with Gasteiger partial charge in [0.1, 0.15) is 27.9 Å². The Morgan fingerprint density at radius 2 is 1.69 bits per heavy atom. The lowest BCUT2D eigenvalue weighted by Gasteiger charge is -2.40. The van der Waals surface area contributed by atoms with Gasteiger partial charge in [0.25, 0.3) is 10.0 Å². The van der Waals surface area contributed by atoms with Crippen LogP contribution in [0.5, 0.6) is 0 Å². The number of aromatic nitrogens is 1. The molecule has 16 heteroatoms. The highest BCUT2D eigenvalue weighted by Gasteiger charge is 2.41. The van der Waals surface area contributed by atoms with Crippen LogP contribution in [0.2, 0.25) is 5.02 Å². The molecule has 0 aliphatic carbocycles. The van der Waals surface area contributed by atoms with Gasteiger partial charge in [-0.3, -0.25) is 4.90 Å². The number of rotatable bonds is 8. The summed E-state index contributed by atoms with van der Waals surface area (Å²) < 4.78 is 74.3. The number of nitrogens with zero attached hydrogens (tertiary/aromatic N) is 4.